The van der Waals surface area contributed by atoms with E-state index in [9.17, 15) is 5.11 Å². The van der Waals surface area contributed by atoms with Crippen molar-refractivity contribution in [1.29, 1.82) is 0 Å². The van der Waals surface area contributed by atoms with Crippen molar-refractivity contribution in [2.24, 2.45) is 13.0 Å². The number of aromatic nitrogens is 3. The van der Waals surface area contributed by atoms with Crippen molar-refractivity contribution < 1.29 is 9.63 Å². The summed E-state index contributed by atoms with van der Waals surface area (Å²) in [5.74, 6) is 0.988. The molecule has 1 saturated heterocycles. The zero-order chi connectivity index (χ0) is 16.0. The van der Waals surface area contributed by atoms with E-state index < -0.39 is 0 Å². The maximum absolute atomic E-state index is 10.4. The van der Waals surface area contributed by atoms with E-state index in [2.05, 4.69) is 21.1 Å². The summed E-state index contributed by atoms with van der Waals surface area (Å²) < 4.78 is 7.31. The van der Waals surface area contributed by atoms with Gasteiger partial charge in [-0.1, -0.05) is 5.16 Å². The Morgan fingerprint density at radius 3 is 3.00 bits per heavy atom. The first kappa shape index (κ1) is 14.3. The first-order valence-electron chi connectivity index (χ1n) is 7.87. The molecule has 4 rings (SSSR count). The van der Waals surface area contributed by atoms with Gasteiger partial charge in [0.05, 0.1) is 11.8 Å². The third-order valence-electron chi connectivity index (χ3n) is 4.63. The molecule has 0 spiro atoms. The summed E-state index contributed by atoms with van der Waals surface area (Å²) in [6.07, 6.45) is 4.19. The molecule has 1 aliphatic rings. The molecule has 3 aromatic rings. The Bertz CT molecular complexity index is 838. The van der Waals surface area contributed by atoms with Crippen LogP contribution in [0, 0.1) is 12.8 Å². The van der Waals surface area contributed by atoms with E-state index in [1.165, 1.54) is 0 Å². The van der Waals surface area contributed by atoms with Gasteiger partial charge in [0.1, 0.15) is 11.4 Å². The predicted octanol–water partition coefficient (Wildman–Crippen LogP) is 1.91. The Kier molecular flexibility index (Phi) is 3.34. The minimum atomic E-state index is -0.368. The van der Waals surface area contributed by atoms with Gasteiger partial charge in [0.2, 0.25) is 0 Å². The fourth-order valence-corrected chi connectivity index (χ4v) is 3.45. The van der Waals surface area contributed by atoms with Gasteiger partial charge >= 0.3 is 0 Å². The van der Waals surface area contributed by atoms with Crippen molar-refractivity contribution >= 4 is 16.7 Å². The number of β-amino-alcohol motifs (C(OH)–C–C–N with tert-alkyl or cyclic N) is 1. The molecule has 4 heterocycles. The molecule has 0 saturated carbocycles. The Morgan fingerprint density at radius 2 is 2.22 bits per heavy atom. The van der Waals surface area contributed by atoms with Crippen molar-refractivity contribution in [2.75, 3.05) is 18.0 Å². The van der Waals surface area contributed by atoms with Crippen molar-refractivity contribution in [3.05, 3.63) is 42.0 Å². The minimum absolute atomic E-state index is 0.147. The largest absolute Gasteiger partial charge is 0.391 e. The topological polar surface area (TPSA) is 67.3 Å². The molecule has 1 N–H and O–H groups in total. The molecule has 0 amide bonds. The fraction of sp³-hybridized carbons (Fsp3) is 0.412. The molecule has 6 nitrogen and oxygen atoms in total. The normalized spacial score (nSPS) is 21.4. The molecule has 0 bridgehead atoms. The number of aliphatic hydroxyl groups excluding tert-OH is 1. The SMILES string of the molecule is Cc1cc(C[C@@H]2CN(c3ccnc4c3ccn4C)C[C@@H]2O)on1. The summed E-state index contributed by atoms with van der Waals surface area (Å²) in [6.45, 7) is 3.34. The average molecular weight is 312 g/mol. The number of fused-ring (bicyclic) bond motifs is 1. The van der Waals surface area contributed by atoms with Gasteiger partial charge in [0.15, 0.2) is 0 Å². The van der Waals surface area contributed by atoms with E-state index in [1.807, 2.05) is 43.1 Å². The number of hydrogen-bond donors (Lipinski definition) is 1. The summed E-state index contributed by atoms with van der Waals surface area (Å²) in [4.78, 5) is 6.67. The second kappa shape index (κ2) is 5.38. The lowest BCUT2D eigenvalue weighted by molar-refractivity contribution is 0.143. The average Bonchev–Trinajstić information content (AvgIpc) is 3.21. The summed E-state index contributed by atoms with van der Waals surface area (Å²) in [6, 6.07) is 6.05. The Hall–Kier alpha value is -2.34. The Balaban J connectivity index is 1.58. The molecule has 1 aliphatic heterocycles. The van der Waals surface area contributed by atoms with Gasteiger partial charge in [-0.05, 0) is 19.1 Å². The maximum Gasteiger partial charge on any atom is 0.141 e. The minimum Gasteiger partial charge on any atom is -0.391 e. The Morgan fingerprint density at radius 1 is 1.35 bits per heavy atom. The zero-order valence-corrected chi connectivity index (χ0v) is 13.3. The van der Waals surface area contributed by atoms with Crippen molar-refractivity contribution in [3.63, 3.8) is 0 Å². The number of aryl methyl sites for hydroxylation is 2. The van der Waals surface area contributed by atoms with Crippen molar-refractivity contribution in [2.45, 2.75) is 19.4 Å². The molecule has 120 valence electrons. The molecule has 2 atom stereocenters. The molecule has 6 heteroatoms. The number of aliphatic hydroxyl groups is 1. The summed E-state index contributed by atoms with van der Waals surface area (Å²) in [7, 11) is 1.99. The smallest absolute Gasteiger partial charge is 0.141 e. The van der Waals surface area contributed by atoms with E-state index in [-0.39, 0.29) is 12.0 Å². The second-order valence-electron chi connectivity index (χ2n) is 6.37. The van der Waals surface area contributed by atoms with Crippen LogP contribution in [0.5, 0.6) is 0 Å². The van der Waals surface area contributed by atoms with Crippen LogP contribution < -0.4 is 4.90 Å². The van der Waals surface area contributed by atoms with E-state index in [0.717, 1.165) is 34.7 Å². The highest BCUT2D eigenvalue weighted by Gasteiger charge is 2.33. The first-order chi connectivity index (χ1) is 11.1. The van der Waals surface area contributed by atoms with Gasteiger partial charge in [0, 0.05) is 62.0 Å². The summed E-state index contributed by atoms with van der Waals surface area (Å²) in [5, 5.41) is 15.5. The molecular formula is C17H20N4O2. The van der Waals surface area contributed by atoms with Crippen molar-refractivity contribution in [3.8, 4) is 0 Å². The molecule has 0 aromatic carbocycles. The van der Waals surface area contributed by atoms with E-state index >= 15 is 0 Å². The molecular weight excluding hydrogens is 292 g/mol. The van der Waals surface area contributed by atoms with Crippen LogP contribution in [0.3, 0.4) is 0 Å². The quantitative estimate of drug-likeness (QED) is 0.800. The molecule has 0 unspecified atom stereocenters. The van der Waals surface area contributed by atoms with Crippen LogP contribution >= 0.6 is 0 Å². The van der Waals surface area contributed by atoms with Crippen LogP contribution in [0.25, 0.3) is 11.0 Å². The van der Waals surface area contributed by atoms with Gasteiger partial charge < -0.3 is 19.1 Å². The predicted molar refractivity (Wildman–Crippen MR) is 87.4 cm³/mol. The molecule has 0 radical (unpaired) electrons. The highest BCUT2D eigenvalue weighted by Crippen LogP contribution is 2.31. The monoisotopic (exact) mass is 312 g/mol. The van der Waals surface area contributed by atoms with E-state index in [4.69, 9.17) is 4.52 Å². The fourth-order valence-electron chi connectivity index (χ4n) is 3.45. The molecule has 3 aromatic heterocycles. The Labute approximate surface area is 134 Å². The summed E-state index contributed by atoms with van der Waals surface area (Å²) >= 11 is 0. The number of anilines is 1. The number of pyridine rings is 1. The van der Waals surface area contributed by atoms with Crippen LogP contribution in [0.1, 0.15) is 11.5 Å². The molecule has 23 heavy (non-hydrogen) atoms. The lowest BCUT2D eigenvalue weighted by Gasteiger charge is -2.19. The maximum atomic E-state index is 10.4. The third kappa shape index (κ3) is 2.49. The standard InChI is InChI=1S/C17H20N4O2/c1-11-7-13(23-19-11)8-12-9-21(10-16(12)22)15-3-5-18-17-14(15)4-6-20(17)2/h3-7,12,16,22H,8-10H2,1-2H3/t12-,16+/m1/s1. The van der Waals surface area contributed by atoms with Crippen LogP contribution in [-0.4, -0.2) is 39.0 Å². The summed E-state index contributed by atoms with van der Waals surface area (Å²) in [5.41, 5.74) is 2.97. The van der Waals surface area contributed by atoms with E-state index in [0.29, 0.717) is 13.0 Å². The molecule has 1 fully saturated rings. The second-order valence-corrected chi connectivity index (χ2v) is 6.37. The van der Waals surface area contributed by atoms with Crippen LogP contribution in [0.4, 0.5) is 5.69 Å². The molecule has 0 aliphatic carbocycles. The zero-order valence-electron chi connectivity index (χ0n) is 13.3. The van der Waals surface area contributed by atoms with Gasteiger partial charge in [-0.15, -0.1) is 0 Å². The van der Waals surface area contributed by atoms with Gasteiger partial charge in [-0.25, -0.2) is 4.98 Å². The van der Waals surface area contributed by atoms with Crippen LogP contribution in [0.15, 0.2) is 35.1 Å². The first-order valence-corrected chi connectivity index (χ1v) is 7.87. The van der Waals surface area contributed by atoms with E-state index in [1.54, 1.807) is 0 Å². The van der Waals surface area contributed by atoms with Gasteiger partial charge in [-0.3, -0.25) is 0 Å². The highest BCUT2D eigenvalue weighted by molar-refractivity contribution is 5.90. The number of rotatable bonds is 3. The van der Waals surface area contributed by atoms with Gasteiger partial charge in [0.25, 0.3) is 0 Å². The highest BCUT2D eigenvalue weighted by atomic mass is 16.5. The van der Waals surface area contributed by atoms with Crippen molar-refractivity contribution in [1.82, 2.24) is 14.7 Å². The third-order valence-corrected chi connectivity index (χ3v) is 4.63. The lowest BCUT2D eigenvalue weighted by atomic mass is 10.0. The lowest BCUT2D eigenvalue weighted by Crippen LogP contribution is -2.21. The number of hydrogen-bond acceptors (Lipinski definition) is 5. The van der Waals surface area contributed by atoms with Gasteiger partial charge in [-0.2, -0.15) is 0 Å². The van der Waals surface area contributed by atoms with Crippen LogP contribution in [0.2, 0.25) is 0 Å². The van der Waals surface area contributed by atoms with Crippen LogP contribution in [-0.2, 0) is 13.5 Å². The number of nitrogens with zero attached hydrogens (tertiary/aromatic N) is 4.